The second kappa shape index (κ2) is 6.35. The van der Waals surface area contributed by atoms with Crippen LogP contribution in [0.5, 0.6) is 0 Å². The number of nitrogens with zero attached hydrogens (tertiary/aromatic N) is 2. The van der Waals surface area contributed by atoms with Crippen molar-refractivity contribution in [1.29, 1.82) is 5.26 Å². The van der Waals surface area contributed by atoms with Crippen molar-refractivity contribution >= 4 is 11.4 Å². The number of hydrogen-bond donors (Lipinski definition) is 1. The highest BCUT2D eigenvalue weighted by Gasteiger charge is 2.26. The average molecular weight is 275 g/mol. The first-order valence-corrected chi connectivity index (χ1v) is 6.69. The SMILES string of the molecule is CCC1OCCC1CNc1ccc([N+](=O)[O-])c(C#N)c1. The first-order valence-electron chi connectivity index (χ1n) is 6.69. The highest BCUT2D eigenvalue weighted by atomic mass is 16.6. The molecule has 20 heavy (non-hydrogen) atoms. The van der Waals surface area contributed by atoms with E-state index in [1.165, 1.54) is 12.1 Å². The van der Waals surface area contributed by atoms with E-state index in [0.29, 0.717) is 5.92 Å². The summed E-state index contributed by atoms with van der Waals surface area (Å²) in [4.78, 5) is 10.2. The van der Waals surface area contributed by atoms with E-state index in [1.807, 2.05) is 6.07 Å². The van der Waals surface area contributed by atoms with Crippen molar-refractivity contribution in [3.63, 3.8) is 0 Å². The summed E-state index contributed by atoms with van der Waals surface area (Å²) >= 11 is 0. The van der Waals surface area contributed by atoms with E-state index in [2.05, 4.69) is 12.2 Å². The molecule has 0 aliphatic carbocycles. The summed E-state index contributed by atoms with van der Waals surface area (Å²) in [6.07, 6.45) is 2.27. The minimum absolute atomic E-state index is 0.0784. The van der Waals surface area contributed by atoms with Crippen LogP contribution in [0.25, 0.3) is 0 Å². The highest BCUT2D eigenvalue weighted by Crippen LogP contribution is 2.25. The summed E-state index contributed by atoms with van der Waals surface area (Å²) < 4.78 is 5.62. The molecule has 1 aromatic rings. The lowest BCUT2D eigenvalue weighted by atomic mass is 9.99. The third-order valence-electron chi connectivity index (χ3n) is 3.63. The third kappa shape index (κ3) is 3.06. The number of hydrogen-bond acceptors (Lipinski definition) is 5. The summed E-state index contributed by atoms with van der Waals surface area (Å²) in [6, 6.07) is 6.38. The molecule has 0 radical (unpaired) electrons. The number of nitro benzene ring substituents is 1. The molecule has 0 amide bonds. The zero-order valence-corrected chi connectivity index (χ0v) is 11.3. The van der Waals surface area contributed by atoms with Crippen molar-refractivity contribution in [2.24, 2.45) is 5.92 Å². The van der Waals surface area contributed by atoms with E-state index in [4.69, 9.17) is 10.00 Å². The Morgan fingerprint density at radius 1 is 1.60 bits per heavy atom. The number of rotatable bonds is 5. The van der Waals surface area contributed by atoms with Gasteiger partial charge in [0.1, 0.15) is 11.6 Å². The second-order valence-electron chi connectivity index (χ2n) is 4.85. The fourth-order valence-corrected chi connectivity index (χ4v) is 2.52. The van der Waals surface area contributed by atoms with Gasteiger partial charge in [-0.25, -0.2) is 0 Å². The molecular weight excluding hydrogens is 258 g/mol. The molecular formula is C14H17N3O3. The molecule has 2 unspecified atom stereocenters. The standard InChI is InChI=1S/C14H17N3O3/c1-2-14-10(5-6-20-14)9-16-12-3-4-13(17(18)19)11(7-12)8-15/h3-4,7,10,14,16H,2,5-6,9H2,1H3. The topological polar surface area (TPSA) is 88.2 Å². The Kier molecular flexibility index (Phi) is 4.53. The lowest BCUT2D eigenvalue weighted by Crippen LogP contribution is -2.22. The highest BCUT2D eigenvalue weighted by molar-refractivity contribution is 5.58. The Hall–Kier alpha value is -2.13. The minimum atomic E-state index is -0.541. The number of nitro groups is 1. The van der Waals surface area contributed by atoms with Gasteiger partial charge >= 0.3 is 0 Å². The van der Waals surface area contributed by atoms with Gasteiger partial charge in [0.25, 0.3) is 5.69 Å². The van der Waals surface area contributed by atoms with Crippen LogP contribution in [0.3, 0.4) is 0 Å². The maximum Gasteiger partial charge on any atom is 0.287 e. The largest absolute Gasteiger partial charge is 0.385 e. The van der Waals surface area contributed by atoms with Crippen LogP contribution in [0.4, 0.5) is 11.4 Å². The van der Waals surface area contributed by atoms with Crippen LogP contribution in [0.1, 0.15) is 25.3 Å². The van der Waals surface area contributed by atoms with Crippen LogP contribution in [0, 0.1) is 27.4 Å². The Morgan fingerprint density at radius 3 is 3.05 bits per heavy atom. The molecule has 2 atom stereocenters. The van der Waals surface area contributed by atoms with E-state index in [1.54, 1.807) is 6.07 Å². The molecule has 1 aromatic carbocycles. The Bertz CT molecular complexity index is 539. The van der Waals surface area contributed by atoms with Crippen molar-refractivity contribution < 1.29 is 9.66 Å². The van der Waals surface area contributed by atoms with Crippen LogP contribution in [-0.4, -0.2) is 24.2 Å². The second-order valence-corrected chi connectivity index (χ2v) is 4.85. The third-order valence-corrected chi connectivity index (χ3v) is 3.63. The molecule has 1 saturated heterocycles. The normalized spacial score (nSPS) is 21.4. The van der Waals surface area contributed by atoms with Crippen LogP contribution in [-0.2, 0) is 4.74 Å². The first-order chi connectivity index (χ1) is 9.65. The lowest BCUT2D eigenvalue weighted by Gasteiger charge is -2.18. The van der Waals surface area contributed by atoms with E-state index in [9.17, 15) is 10.1 Å². The average Bonchev–Trinajstić information content (AvgIpc) is 2.92. The first kappa shape index (κ1) is 14.3. The van der Waals surface area contributed by atoms with Gasteiger partial charge in [-0.3, -0.25) is 10.1 Å². The van der Waals surface area contributed by atoms with E-state index in [0.717, 1.165) is 31.7 Å². The number of ether oxygens (including phenoxy) is 1. The summed E-state index contributed by atoms with van der Waals surface area (Å²) in [5.74, 6) is 0.445. The summed E-state index contributed by atoms with van der Waals surface area (Å²) in [6.45, 7) is 3.64. The molecule has 6 heteroatoms. The molecule has 1 N–H and O–H groups in total. The van der Waals surface area contributed by atoms with Crippen LogP contribution < -0.4 is 5.32 Å². The van der Waals surface area contributed by atoms with Crippen LogP contribution >= 0.6 is 0 Å². The fraction of sp³-hybridized carbons (Fsp3) is 0.500. The molecule has 1 fully saturated rings. The van der Waals surface area contributed by atoms with Gasteiger partial charge < -0.3 is 10.1 Å². The maximum atomic E-state index is 10.8. The molecule has 0 bridgehead atoms. The van der Waals surface area contributed by atoms with Crippen molar-refractivity contribution in [3.8, 4) is 6.07 Å². The fourth-order valence-electron chi connectivity index (χ4n) is 2.52. The summed E-state index contributed by atoms with van der Waals surface area (Å²) in [7, 11) is 0. The lowest BCUT2D eigenvalue weighted by molar-refractivity contribution is -0.385. The predicted molar refractivity (Wildman–Crippen MR) is 74.4 cm³/mol. The zero-order valence-electron chi connectivity index (χ0n) is 11.3. The van der Waals surface area contributed by atoms with Gasteiger partial charge in [-0.15, -0.1) is 0 Å². The van der Waals surface area contributed by atoms with Crippen molar-refractivity contribution in [2.45, 2.75) is 25.9 Å². The van der Waals surface area contributed by atoms with Gasteiger partial charge in [0.2, 0.25) is 0 Å². The van der Waals surface area contributed by atoms with Crippen molar-refractivity contribution in [2.75, 3.05) is 18.5 Å². The smallest absolute Gasteiger partial charge is 0.287 e. The van der Waals surface area contributed by atoms with Crippen molar-refractivity contribution in [1.82, 2.24) is 0 Å². The van der Waals surface area contributed by atoms with Gasteiger partial charge in [-0.2, -0.15) is 5.26 Å². The minimum Gasteiger partial charge on any atom is -0.385 e. The Labute approximate surface area is 117 Å². The number of anilines is 1. The molecule has 0 aromatic heterocycles. The quantitative estimate of drug-likeness (QED) is 0.659. The number of nitrogens with one attached hydrogen (secondary N) is 1. The monoisotopic (exact) mass is 275 g/mol. The molecule has 0 saturated carbocycles. The van der Waals surface area contributed by atoms with Gasteiger partial charge in [0, 0.05) is 30.8 Å². The molecule has 1 heterocycles. The molecule has 0 spiro atoms. The van der Waals surface area contributed by atoms with Crippen LogP contribution in [0.2, 0.25) is 0 Å². The maximum absolute atomic E-state index is 10.8. The number of benzene rings is 1. The Balaban J connectivity index is 2.03. The molecule has 6 nitrogen and oxygen atoms in total. The van der Waals surface area contributed by atoms with Crippen molar-refractivity contribution in [3.05, 3.63) is 33.9 Å². The van der Waals surface area contributed by atoms with Crippen LogP contribution in [0.15, 0.2) is 18.2 Å². The van der Waals surface area contributed by atoms with Gasteiger partial charge in [-0.1, -0.05) is 6.92 Å². The van der Waals surface area contributed by atoms with E-state index < -0.39 is 4.92 Å². The molecule has 2 rings (SSSR count). The summed E-state index contributed by atoms with van der Waals surface area (Å²) in [5, 5.41) is 22.9. The number of nitriles is 1. The molecule has 1 aliphatic rings. The van der Waals surface area contributed by atoms with Gasteiger partial charge in [-0.05, 0) is 25.0 Å². The van der Waals surface area contributed by atoms with Gasteiger partial charge in [0.15, 0.2) is 0 Å². The van der Waals surface area contributed by atoms with E-state index in [-0.39, 0.29) is 17.4 Å². The predicted octanol–water partition coefficient (Wildman–Crippen LogP) is 2.69. The van der Waals surface area contributed by atoms with E-state index >= 15 is 0 Å². The van der Waals surface area contributed by atoms with Gasteiger partial charge in [0.05, 0.1) is 11.0 Å². The summed E-state index contributed by atoms with van der Waals surface area (Å²) in [5.41, 5.74) is 0.650. The molecule has 1 aliphatic heterocycles. The molecule has 106 valence electrons. The Morgan fingerprint density at radius 2 is 2.40 bits per heavy atom. The zero-order chi connectivity index (χ0) is 14.5.